The van der Waals surface area contributed by atoms with Gasteiger partial charge in [0.1, 0.15) is 11.9 Å². The van der Waals surface area contributed by atoms with Crippen LogP contribution in [0.25, 0.3) is 11.0 Å². The van der Waals surface area contributed by atoms with Crippen LogP contribution in [0, 0.1) is 0 Å². The van der Waals surface area contributed by atoms with Crippen LogP contribution < -0.4 is 0 Å². The van der Waals surface area contributed by atoms with Crippen molar-refractivity contribution in [3.05, 3.63) is 28.5 Å². The SMILES string of the molecule is COC(C)c1nc2ccc(Br)cc2[nH]1. The molecule has 2 aromatic rings. The van der Waals surface area contributed by atoms with E-state index < -0.39 is 0 Å². The minimum absolute atomic E-state index is 0.00109. The number of nitrogens with one attached hydrogen (secondary N) is 1. The van der Waals surface area contributed by atoms with Gasteiger partial charge < -0.3 is 9.72 Å². The van der Waals surface area contributed by atoms with E-state index in [0.717, 1.165) is 21.3 Å². The zero-order chi connectivity index (χ0) is 10.1. The highest BCUT2D eigenvalue weighted by molar-refractivity contribution is 9.10. The summed E-state index contributed by atoms with van der Waals surface area (Å²) in [6, 6.07) is 5.96. The number of methoxy groups -OCH3 is 1. The van der Waals surface area contributed by atoms with E-state index in [1.165, 1.54) is 0 Å². The highest BCUT2D eigenvalue weighted by atomic mass is 79.9. The van der Waals surface area contributed by atoms with Crippen LogP contribution in [-0.2, 0) is 4.74 Å². The quantitative estimate of drug-likeness (QED) is 0.895. The van der Waals surface area contributed by atoms with E-state index in [0.29, 0.717) is 0 Å². The molecule has 1 unspecified atom stereocenters. The third-order valence-corrected chi connectivity index (χ3v) is 2.69. The Balaban J connectivity index is 2.51. The van der Waals surface area contributed by atoms with Crippen molar-refractivity contribution < 1.29 is 4.74 Å². The molecule has 14 heavy (non-hydrogen) atoms. The van der Waals surface area contributed by atoms with Crippen LogP contribution in [0.1, 0.15) is 18.9 Å². The number of halogens is 1. The van der Waals surface area contributed by atoms with E-state index in [4.69, 9.17) is 4.74 Å². The van der Waals surface area contributed by atoms with Gasteiger partial charge in [-0.15, -0.1) is 0 Å². The Labute approximate surface area is 90.6 Å². The molecule has 0 spiro atoms. The predicted molar refractivity (Wildman–Crippen MR) is 59.2 cm³/mol. The monoisotopic (exact) mass is 254 g/mol. The highest BCUT2D eigenvalue weighted by Crippen LogP contribution is 2.20. The number of aromatic amines is 1. The summed E-state index contributed by atoms with van der Waals surface area (Å²) in [6.45, 7) is 1.97. The molecule has 1 aromatic carbocycles. The third kappa shape index (κ3) is 1.67. The molecule has 0 bridgehead atoms. The first-order valence-corrected chi connectivity index (χ1v) is 5.18. The molecule has 2 rings (SSSR count). The lowest BCUT2D eigenvalue weighted by Crippen LogP contribution is -1.97. The average molecular weight is 255 g/mol. The Morgan fingerprint density at radius 3 is 3.00 bits per heavy atom. The molecule has 1 aromatic heterocycles. The van der Waals surface area contributed by atoms with Gasteiger partial charge in [-0.3, -0.25) is 0 Å². The predicted octanol–water partition coefficient (Wildman–Crippen LogP) is 3.03. The van der Waals surface area contributed by atoms with Gasteiger partial charge in [-0.2, -0.15) is 0 Å². The summed E-state index contributed by atoms with van der Waals surface area (Å²) in [7, 11) is 1.67. The summed E-state index contributed by atoms with van der Waals surface area (Å²) < 4.78 is 6.24. The van der Waals surface area contributed by atoms with E-state index in [2.05, 4.69) is 25.9 Å². The van der Waals surface area contributed by atoms with E-state index in [1.54, 1.807) is 7.11 Å². The molecular formula is C10H11BrN2O. The van der Waals surface area contributed by atoms with Gasteiger partial charge in [-0.25, -0.2) is 4.98 Å². The first kappa shape index (κ1) is 9.68. The molecule has 0 amide bonds. The third-order valence-electron chi connectivity index (χ3n) is 2.20. The first-order valence-electron chi connectivity index (χ1n) is 4.38. The van der Waals surface area contributed by atoms with Crippen LogP contribution in [0.2, 0.25) is 0 Å². The lowest BCUT2D eigenvalue weighted by atomic mass is 10.3. The molecule has 0 saturated heterocycles. The van der Waals surface area contributed by atoms with Crippen molar-refractivity contribution in [2.45, 2.75) is 13.0 Å². The van der Waals surface area contributed by atoms with Crippen molar-refractivity contribution in [3.63, 3.8) is 0 Å². The minimum atomic E-state index is 0.00109. The largest absolute Gasteiger partial charge is 0.374 e. The number of nitrogens with zero attached hydrogens (tertiary/aromatic N) is 1. The van der Waals surface area contributed by atoms with Gasteiger partial charge in [0.25, 0.3) is 0 Å². The van der Waals surface area contributed by atoms with Crippen LogP contribution in [0.5, 0.6) is 0 Å². The second kappa shape index (κ2) is 3.71. The molecule has 74 valence electrons. The molecule has 0 saturated carbocycles. The van der Waals surface area contributed by atoms with Crippen molar-refractivity contribution in [1.82, 2.24) is 9.97 Å². The fourth-order valence-corrected chi connectivity index (χ4v) is 1.67. The second-order valence-corrected chi connectivity index (χ2v) is 4.08. The molecule has 0 aliphatic heterocycles. The van der Waals surface area contributed by atoms with Crippen LogP contribution in [-0.4, -0.2) is 17.1 Å². The molecule has 0 radical (unpaired) electrons. The van der Waals surface area contributed by atoms with Crippen molar-refractivity contribution in [1.29, 1.82) is 0 Å². The van der Waals surface area contributed by atoms with Crippen molar-refractivity contribution in [3.8, 4) is 0 Å². The van der Waals surface area contributed by atoms with Gasteiger partial charge in [-0.1, -0.05) is 15.9 Å². The number of rotatable bonds is 2. The summed E-state index contributed by atoms with van der Waals surface area (Å²) in [4.78, 5) is 7.64. The van der Waals surface area contributed by atoms with Crippen molar-refractivity contribution in [2.24, 2.45) is 0 Å². The second-order valence-electron chi connectivity index (χ2n) is 3.16. The van der Waals surface area contributed by atoms with Gasteiger partial charge in [0.05, 0.1) is 11.0 Å². The Hall–Kier alpha value is -0.870. The van der Waals surface area contributed by atoms with Gasteiger partial charge in [0.15, 0.2) is 0 Å². The molecule has 3 nitrogen and oxygen atoms in total. The summed E-state index contributed by atoms with van der Waals surface area (Å²) in [6.07, 6.45) is 0.00109. The highest BCUT2D eigenvalue weighted by Gasteiger charge is 2.09. The number of fused-ring (bicyclic) bond motifs is 1. The van der Waals surface area contributed by atoms with E-state index in [1.807, 2.05) is 25.1 Å². The number of aromatic nitrogens is 2. The summed E-state index contributed by atoms with van der Waals surface area (Å²) in [5.41, 5.74) is 1.99. The fourth-order valence-electron chi connectivity index (χ4n) is 1.31. The molecule has 0 aliphatic carbocycles. The topological polar surface area (TPSA) is 37.9 Å². The van der Waals surface area contributed by atoms with Crippen LogP contribution in [0.3, 0.4) is 0 Å². The number of benzene rings is 1. The Morgan fingerprint density at radius 2 is 2.29 bits per heavy atom. The zero-order valence-electron chi connectivity index (χ0n) is 8.04. The van der Waals surface area contributed by atoms with Crippen molar-refractivity contribution >= 4 is 27.0 Å². The molecule has 0 fully saturated rings. The Kier molecular flexibility index (Phi) is 2.56. The summed E-state index contributed by atoms with van der Waals surface area (Å²) in [5, 5.41) is 0. The van der Waals surface area contributed by atoms with Crippen LogP contribution >= 0.6 is 15.9 Å². The number of hydrogen-bond acceptors (Lipinski definition) is 2. The van der Waals surface area contributed by atoms with Gasteiger partial charge in [-0.05, 0) is 25.1 Å². The van der Waals surface area contributed by atoms with E-state index in [-0.39, 0.29) is 6.10 Å². The Morgan fingerprint density at radius 1 is 1.50 bits per heavy atom. The maximum absolute atomic E-state index is 5.19. The lowest BCUT2D eigenvalue weighted by Gasteiger charge is -2.03. The maximum Gasteiger partial charge on any atom is 0.136 e. The standard InChI is InChI=1S/C10H11BrN2O/c1-6(14-2)10-12-8-4-3-7(11)5-9(8)13-10/h3-6H,1-2H3,(H,12,13). The minimum Gasteiger partial charge on any atom is -0.374 e. The lowest BCUT2D eigenvalue weighted by molar-refractivity contribution is 0.113. The molecule has 0 aliphatic rings. The average Bonchev–Trinajstić information content (AvgIpc) is 2.59. The normalized spacial score (nSPS) is 13.4. The fraction of sp³-hybridized carbons (Fsp3) is 0.300. The molecule has 4 heteroatoms. The van der Waals surface area contributed by atoms with Gasteiger partial charge in [0, 0.05) is 11.6 Å². The summed E-state index contributed by atoms with van der Waals surface area (Å²) >= 11 is 3.42. The molecular weight excluding hydrogens is 244 g/mol. The van der Waals surface area contributed by atoms with E-state index in [9.17, 15) is 0 Å². The zero-order valence-corrected chi connectivity index (χ0v) is 9.63. The van der Waals surface area contributed by atoms with E-state index >= 15 is 0 Å². The van der Waals surface area contributed by atoms with Crippen LogP contribution in [0.15, 0.2) is 22.7 Å². The van der Waals surface area contributed by atoms with Crippen molar-refractivity contribution in [2.75, 3.05) is 7.11 Å². The molecule has 1 heterocycles. The van der Waals surface area contributed by atoms with Gasteiger partial charge >= 0.3 is 0 Å². The molecule has 1 atom stereocenters. The number of hydrogen-bond donors (Lipinski definition) is 1. The summed E-state index contributed by atoms with van der Waals surface area (Å²) in [5.74, 6) is 0.862. The first-order chi connectivity index (χ1) is 6.70. The number of H-pyrrole nitrogens is 1. The Bertz CT molecular complexity index is 452. The maximum atomic E-state index is 5.19. The number of imidazole rings is 1. The van der Waals surface area contributed by atoms with Gasteiger partial charge in [0.2, 0.25) is 0 Å². The number of ether oxygens (including phenoxy) is 1. The molecule has 1 N–H and O–H groups in total. The van der Waals surface area contributed by atoms with Crippen LogP contribution in [0.4, 0.5) is 0 Å². The smallest absolute Gasteiger partial charge is 0.136 e.